The van der Waals surface area contributed by atoms with Gasteiger partial charge in [-0.3, -0.25) is 0 Å². The fourth-order valence-electron chi connectivity index (χ4n) is 4.31. The summed E-state index contributed by atoms with van der Waals surface area (Å²) < 4.78 is 135. The van der Waals surface area contributed by atoms with Crippen molar-refractivity contribution in [2.45, 2.75) is 31.9 Å². The summed E-state index contributed by atoms with van der Waals surface area (Å²) in [5, 5.41) is 8.59. The van der Waals surface area contributed by atoms with Crippen molar-refractivity contribution in [1.29, 1.82) is 0 Å². The maximum Gasteiger partial charge on any atom is 0.418 e. The molecule has 0 heterocycles. The van der Waals surface area contributed by atoms with Crippen LogP contribution in [-0.4, -0.2) is 16.8 Å². The summed E-state index contributed by atoms with van der Waals surface area (Å²) in [5.74, 6) is 0. The first-order chi connectivity index (χ1) is 21.0. The van der Waals surface area contributed by atoms with Gasteiger partial charge in [-0.05, 0) is 71.8 Å². The van der Waals surface area contributed by atoms with Gasteiger partial charge >= 0.3 is 12.4 Å². The zero-order valence-electron chi connectivity index (χ0n) is 22.0. The number of sulfonamides is 2. The number of rotatable bonds is 7. The van der Waals surface area contributed by atoms with Crippen LogP contribution in [0, 0.1) is 0 Å². The van der Waals surface area contributed by atoms with Gasteiger partial charge in [-0.1, -0.05) is 68.0 Å². The standard InChI is InChI=1S/C26H14Cl4F6N2O4S4/c27-11-1-5-17(13(9-11)21-19(45(37,39)40)7-3-15(29)23(21)25(31,32)33)43-44-18-6-2-12(28)10-14(18)22-20(46(38,41)42)8-4-16(30)24(22)26(34,35)36/h1-10H,(H2,37,39,40)(H2,38,41,42). The van der Waals surface area contributed by atoms with Gasteiger partial charge in [-0.15, -0.1) is 0 Å². The largest absolute Gasteiger partial charge is 0.418 e. The Morgan fingerprint density at radius 1 is 0.543 bits per heavy atom. The minimum atomic E-state index is -5.18. The van der Waals surface area contributed by atoms with Crippen LogP contribution in [0.3, 0.4) is 0 Å². The molecule has 0 unspecified atom stereocenters. The molecule has 0 bridgehead atoms. The minimum Gasteiger partial charge on any atom is -0.225 e. The van der Waals surface area contributed by atoms with E-state index in [1.54, 1.807) is 0 Å². The molecule has 4 N–H and O–H groups in total. The van der Waals surface area contributed by atoms with Gasteiger partial charge in [0.15, 0.2) is 0 Å². The smallest absolute Gasteiger partial charge is 0.225 e. The Labute approximate surface area is 285 Å². The molecule has 0 atom stereocenters. The fourth-order valence-corrected chi connectivity index (χ4v) is 9.03. The fraction of sp³-hybridized carbons (Fsp3) is 0.0769. The molecule has 0 aliphatic heterocycles. The van der Waals surface area contributed by atoms with E-state index in [2.05, 4.69) is 0 Å². The lowest BCUT2D eigenvalue weighted by Gasteiger charge is -2.21. The zero-order chi connectivity index (χ0) is 34.6. The van der Waals surface area contributed by atoms with E-state index in [4.69, 9.17) is 56.7 Å². The molecule has 46 heavy (non-hydrogen) atoms. The highest BCUT2D eigenvalue weighted by Gasteiger charge is 2.41. The Morgan fingerprint density at radius 3 is 1.15 bits per heavy atom. The van der Waals surface area contributed by atoms with Crippen LogP contribution in [0.5, 0.6) is 0 Å². The number of halogens is 10. The molecule has 4 aromatic rings. The number of primary sulfonamides is 2. The topological polar surface area (TPSA) is 120 Å². The van der Waals surface area contributed by atoms with Gasteiger partial charge in [0.1, 0.15) is 0 Å². The normalized spacial score (nSPS) is 12.9. The quantitative estimate of drug-likeness (QED) is 0.142. The monoisotopic (exact) mass is 800 g/mol. The number of hydrogen-bond acceptors (Lipinski definition) is 6. The Hall–Kier alpha value is -1.86. The first-order valence-corrected chi connectivity index (χ1v) is 18.6. The minimum absolute atomic E-state index is 0.0678. The van der Waals surface area contributed by atoms with Crippen LogP contribution in [0.25, 0.3) is 22.3 Å². The number of benzene rings is 4. The molecule has 4 aromatic carbocycles. The molecule has 0 radical (unpaired) electrons. The second kappa shape index (κ2) is 13.2. The van der Waals surface area contributed by atoms with Crippen molar-refractivity contribution >= 4 is 88.0 Å². The SMILES string of the molecule is NS(=O)(=O)c1ccc(Cl)c(C(F)(F)F)c1-c1cc(Cl)ccc1SSc1ccc(Cl)cc1-c1c(S(N)(=O)=O)ccc(Cl)c1C(F)(F)F. The molecular weight excluding hydrogens is 788 g/mol. The lowest BCUT2D eigenvalue weighted by molar-refractivity contribution is -0.138. The molecule has 6 nitrogen and oxygen atoms in total. The van der Waals surface area contributed by atoms with Gasteiger partial charge in [0, 0.05) is 31.0 Å². The van der Waals surface area contributed by atoms with Crippen molar-refractivity contribution in [3.05, 3.63) is 91.9 Å². The molecule has 0 aliphatic carbocycles. The predicted molar refractivity (Wildman–Crippen MR) is 168 cm³/mol. The Morgan fingerprint density at radius 2 is 0.870 bits per heavy atom. The van der Waals surface area contributed by atoms with Crippen LogP contribution in [0.4, 0.5) is 26.3 Å². The maximum atomic E-state index is 14.3. The van der Waals surface area contributed by atoms with Crippen molar-refractivity contribution in [3.8, 4) is 22.3 Å². The summed E-state index contributed by atoms with van der Waals surface area (Å²) >= 11 is 24.0. The molecule has 0 amide bonds. The first-order valence-electron chi connectivity index (χ1n) is 11.8. The lowest BCUT2D eigenvalue weighted by atomic mass is 9.99. The Kier molecular flexibility index (Phi) is 10.6. The summed E-state index contributed by atoms with van der Waals surface area (Å²) in [4.78, 5) is -2.00. The lowest BCUT2D eigenvalue weighted by Crippen LogP contribution is -2.17. The number of alkyl halides is 6. The highest BCUT2D eigenvalue weighted by atomic mass is 35.5. The van der Waals surface area contributed by atoms with Crippen molar-refractivity contribution in [1.82, 2.24) is 0 Å². The highest BCUT2D eigenvalue weighted by molar-refractivity contribution is 8.76. The van der Waals surface area contributed by atoms with Crippen LogP contribution in [0.15, 0.2) is 80.2 Å². The highest BCUT2D eigenvalue weighted by Crippen LogP contribution is 2.53. The van der Waals surface area contributed by atoms with Crippen LogP contribution < -0.4 is 10.3 Å². The third-order valence-corrected chi connectivity index (χ3v) is 11.5. The van der Waals surface area contributed by atoms with Gasteiger partial charge in [-0.25, -0.2) is 27.1 Å². The van der Waals surface area contributed by atoms with Gasteiger partial charge in [-0.2, -0.15) is 26.3 Å². The summed E-state index contributed by atoms with van der Waals surface area (Å²) in [6, 6.07) is 10.1. The van der Waals surface area contributed by atoms with Crippen molar-refractivity contribution < 1.29 is 43.2 Å². The van der Waals surface area contributed by atoms with Gasteiger partial charge < -0.3 is 0 Å². The second-order valence-electron chi connectivity index (χ2n) is 9.12. The van der Waals surface area contributed by atoms with Crippen LogP contribution in [-0.2, 0) is 32.4 Å². The van der Waals surface area contributed by atoms with Crippen molar-refractivity contribution in [3.63, 3.8) is 0 Å². The van der Waals surface area contributed by atoms with E-state index >= 15 is 0 Å². The summed E-state index contributed by atoms with van der Waals surface area (Å²) in [6.45, 7) is 0. The third kappa shape index (κ3) is 7.88. The Bertz CT molecular complexity index is 1950. The molecule has 0 saturated carbocycles. The van der Waals surface area contributed by atoms with Crippen LogP contribution in [0.1, 0.15) is 11.1 Å². The van der Waals surface area contributed by atoms with Gasteiger partial charge in [0.05, 0.1) is 31.0 Å². The van der Waals surface area contributed by atoms with E-state index in [9.17, 15) is 43.2 Å². The van der Waals surface area contributed by atoms with Crippen molar-refractivity contribution in [2.75, 3.05) is 0 Å². The van der Waals surface area contributed by atoms with E-state index in [1.807, 2.05) is 0 Å². The van der Waals surface area contributed by atoms with E-state index in [-0.39, 0.29) is 31.0 Å². The average Bonchev–Trinajstić information content (AvgIpc) is 2.89. The number of hydrogen-bond donors (Lipinski definition) is 2. The molecular formula is C26H14Cl4F6N2O4S4. The molecule has 0 spiro atoms. The van der Waals surface area contributed by atoms with Crippen LogP contribution in [0.2, 0.25) is 20.1 Å². The van der Waals surface area contributed by atoms with Crippen LogP contribution >= 0.6 is 68.0 Å². The van der Waals surface area contributed by atoms with Gasteiger partial charge in [0.25, 0.3) is 0 Å². The summed E-state index contributed by atoms with van der Waals surface area (Å²) in [7, 11) is -8.24. The maximum absolute atomic E-state index is 14.3. The Balaban J connectivity index is 1.99. The molecule has 0 aromatic heterocycles. The van der Waals surface area contributed by atoms with E-state index in [0.717, 1.165) is 24.3 Å². The third-order valence-electron chi connectivity index (χ3n) is 6.06. The van der Waals surface area contributed by atoms with Gasteiger partial charge in [0.2, 0.25) is 20.0 Å². The number of nitrogens with two attached hydrogens (primary N) is 2. The van der Waals surface area contributed by atoms with E-state index in [0.29, 0.717) is 33.7 Å². The predicted octanol–water partition coefficient (Wildman–Crippen LogP) is 9.77. The average molecular weight is 802 g/mol. The molecule has 0 fully saturated rings. The summed E-state index contributed by atoms with van der Waals surface area (Å²) in [6.07, 6.45) is -10.4. The molecule has 0 aliphatic rings. The zero-order valence-corrected chi connectivity index (χ0v) is 28.3. The molecule has 0 saturated heterocycles. The van der Waals surface area contributed by atoms with Crippen molar-refractivity contribution in [2.24, 2.45) is 10.3 Å². The summed E-state index contributed by atoms with van der Waals surface area (Å²) in [5.41, 5.74) is -5.68. The van der Waals surface area contributed by atoms with E-state index in [1.165, 1.54) is 24.3 Å². The molecule has 4 rings (SSSR count). The van der Waals surface area contributed by atoms with E-state index < -0.39 is 74.5 Å². The molecule has 246 valence electrons. The second-order valence-corrected chi connectivity index (χ2v) is 16.1. The molecule has 20 heteroatoms. The first kappa shape index (κ1) is 37.0.